The van der Waals surface area contributed by atoms with Gasteiger partial charge in [0.1, 0.15) is 11.6 Å². The molecule has 0 bridgehead atoms. The Hall–Kier alpha value is -3.14. The Balaban J connectivity index is 1.62. The summed E-state index contributed by atoms with van der Waals surface area (Å²) in [6, 6.07) is 8.01. The molecule has 0 aliphatic rings. The Morgan fingerprint density at radius 2 is 1.89 bits per heavy atom. The minimum atomic E-state index is -0.855. The Bertz CT molecular complexity index is 997. The molecule has 0 radical (unpaired) electrons. The highest BCUT2D eigenvalue weighted by Crippen LogP contribution is 2.32. The molecule has 1 amide bonds. The highest BCUT2D eigenvalue weighted by atomic mass is 32.2. The van der Waals surface area contributed by atoms with Gasteiger partial charge in [0.05, 0.1) is 25.7 Å². The summed E-state index contributed by atoms with van der Waals surface area (Å²) in [5.74, 6) is -0.858. The second-order valence-corrected chi connectivity index (χ2v) is 6.33. The van der Waals surface area contributed by atoms with Crippen molar-refractivity contribution in [3.63, 3.8) is 0 Å². The highest BCUT2D eigenvalue weighted by Gasteiger charge is 2.14. The average Bonchev–Trinajstić information content (AvgIpc) is 3.17. The van der Waals surface area contributed by atoms with E-state index in [9.17, 15) is 13.6 Å². The summed E-state index contributed by atoms with van der Waals surface area (Å²) in [5.41, 5.74) is 0.512. The number of carbonyl (C=O) groups is 1. The third-order valence-corrected chi connectivity index (χ3v) is 4.39. The van der Waals surface area contributed by atoms with Gasteiger partial charge in [-0.1, -0.05) is 11.8 Å². The molecule has 0 unspecified atom stereocenters. The first-order valence-electron chi connectivity index (χ1n) is 7.93. The van der Waals surface area contributed by atoms with E-state index in [0.717, 1.165) is 23.9 Å². The lowest BCUT2D eigenvalue weighted by atomic mass is 10.2. The number of rotatable bonds is 7. The van der Waals surface area contributed by atoms with Crippen LogP contribution in [-0.4, -0.2) is 36.1 Å². The van der Waals surface area contributed by atoms with E-state index >= 15 is 0 Å². The zero-order valence-electron chi connectivity index (χ0n) is 14.9. The number of amides is 1. The number of ether oxygens (including phenoxy) is 2. The normalized spacial score (nSPS) is 10.6. The van der Waals surface area contributed by atoms with Crippen LogP contribution in [0.2, 0.25) is 0 Å². The zero-order valence-corrected chi connectivity index (χ0v) is 15.7. The number of methoxy groups -OCH3 is 2. The fourth-order valence-electron chi connectivity index (χ4n) is 2.26. The van der Waals surface area contributed by atoms with Crippen molar-refractivity contribution in [3.05, 3.63) is 48.0 Å². The SMILES string of the molecule is COc1ccc(-c2nnc(SCC(=O)Nc3ccc(F)cc3F)o2)cc1OC. The van der Waals surface area contributed by atoms with Crippen LogP contribution in [0.4, 0.5) is 14.5 Å². The maximum atomic E-state index is 13.6. The fraction of sp³-hybridized carbons (Fsp3) is 0.167. The predicted octanol–water partition coefficient (Wildman–Crippen LogP) is 3.76. The molecule has 2 aromatic carbocycles. The Labute approximate surface area is 163 Å². The molecule has 0 saturated heterocycles. The first kappa shape index (κ1) is 19.6. The van der Waals surface area contributed by atoms with Crippen molar-refractivity contribution in [2.75, 3.05) is 25.3 Å². The van der Waals surface area contributed by atoms with Crippen LogP contribution in [0.1, 0.15) is 0 Å². The Morgan fingerprint density at radius 3 is 2.61 bits per heavy atom. The molecule has 3 rings (SSSR count). The summed E-state index contributed by atoms with van der Waals surface area (Å²) < 4.78 is 42.4. The van der Waals surface area contributed by atoms with Gasteiger partial charge in [0.2, 0.25) is 11.8 Å². The molecule has 146 valence electrons. The second kappa shape index (κ2) is 8.70. The van der Waals surface area contributed by atoms with E-state index in [1.165, 1.54) is 14.2 Å². The molecule has 28 heavy (non-hydrogen) atoms. The zero-order chi connectivity index (χ0) is 20.1. The quantitative estimate of drug-likeness (QED) is 0.597. The molecule has 0 fully saturated rings. The van der Waals surface area contributed by atoms with Crippen molar-refractivity contribution in [1.82, 2.24) is 10.2 Å². The van der Waals surface area contributed by atoms with Crippen molar-refractivity contribution >= 4 is 23.4 Å². The van der Waals surface area contributed by atoms with Crippen LogP contribution in [0.3, 0.4) is 0 Å². The van der Waals surface area contributed by atoms with Gasteiger partial charge in [0, 0.05) is 11.6 Å². The number of benzene rings is 2. The molecule has 1 aromatic heterocycles. The predicted molar refractivity (Wildman–Crippen MR) is 98.5 cm³/mol. The molecular weight excluding hydrogens is 392 g/mol. The average molecular weight is 407 g/mol. The smallest absolute Gasteiger partial charge is 0.277 e. The van der Waals surface area contributed by atoms with Gasteiger partial charge in [-0.25, -0.2) is 8.78 Å². The van der Waals surface area contributed by atoms with Crippen LogP contribution in [-0.2, 0) is 4.79 Å². The third-order valence-electron chi connectivity index (χ3n) is 3.57. The van der Waals surface area contributed by atoms with Crippen LogP contribution in [0.25, 0.3) is 11.5 Å². The fourth-order valence-corrected chi connectivity index (χ4v) is 2.82. The molecule has 0 aliphatic heterocycles. The molecule has 0 spiro atoms. The Morgan fingerprint density at radius 1 is 1.11 bits per heavy atom. The lowest BCUT2D eigenvalue weighted by molar-refractivity contribution is -0.113. The van der Waals surface area contributed by atoms with Crippen LogP contribution in [0.15, 0.2) is 46.0 Å². The van der Waals surface area contributed by atoms with E-state index in [4.69, 9.17) is 13.9 Å². The molecule has 1 N–H and O–H groups in total. The molecule has 10 heteroatoms. The summed E-state index contributed by atoms with van der Waals surface area (Å²) in [7, 11) is 3.04. The van der Waals surface area contributed by atoms with Crippen molar-refractivity contribution in [2.24, 2.45) is 0 Å². The molecule has 1 heterocycles. The molecule has 0 aliphatic carbocycles. The number of carbonyl (C=O) groups excluding carboxylic acids is 1. The summed E-state index contributed by atoms with van der Waals surface area (Å²) in [6.45, 7) is 0. The van der Waals surface area contributed by atoms with Gasteiger partial charge < -0.3 is 19.2 Å². The van der Waals surface area contributed by atoms with Gasteiger partial charge in [0.15, 0.2) is 11.5 Å². The van der Waals surface area contributed by atoms with E-state index in [0.29, 0.717) is 23.1 Å². The summed E-state index contributed by atoms with van der Waals surface area (Å²) in [4.78, 5) is 11.9. The van der Waals surface area contributed by atoms with Crippen molar-refractivity contribution < 1.29 is 27.5 Å². The van der Waals surface area contributed by atoms with E-state index in [-0.39, 0.29) is 22.6 Å². The summed E-state index contributed by atoms with van der Waals surface area (Å²) in [5, 5.41) is 10.3. The van der Waals surface area contributed by atoms with E-state index in [1.54, 1.807) is 18.2 Å². The van der Waals surface area contributed by atoms with Crippen LogP contribution >= 0.6 is 11.8 Å². The van der Waals surface area contributed by atoms with Crippen molar-refractivity contribution in [3.8, 4) is 23.0 Å². The van der Waals surface area contributed by atoms with Gasteiger partial charge >= 0.3 is 0 Å². The van der Waals surface area contributed by atoms with Crippen LogP contribution in [0.5, 0.6) is 11.5 Å². The number of aromatic nitrogens is 2. The van der Waals surface area contributed by atoms with Gasteiger partial charge in [-0.05, 0) is 30.3 Å². The highest BCUT2D eigenvalue weighted by molar-refractivity contribution is 7.99. The van der Waals surface area contributed by atoms with E-state index < -0.39 is 17.5 Å². The second-order valence-electron chi connectivity index (χ2n) is 5.40. The number of halogens is 2. The first-order valence-corrected chi connectivity index (χ1v) is 8.92. The summed E-state index contributed by atoms with van der Waals surface area (Å²) in [6.07, 6.45) is 0. The molecule has 0 atom stereocenters. The van der Waals surface area contributed by atoms with Gasteiger partial charge in [-0.3, -0.25) is 4.79 Å². The third kappa shape index (κ3) is 4.58. The number of thioether (sulfide) groups is 1. The number of anilines is 1. The molecular formula is C18H15F2N3O4S. The van der Waals surface area contributed by atoms with Gasteiger partial charge in [-0.2, -0.15) is 0 Å². The lowest BCUT2D eigenvalue weighted by Crippen LogP contribution is -2.15. The largest absolute Gasteiger partial charge is 0.493 e. The minimum Gasteiger partial charge on any atom is -0.493 e. The van der Waals surface area contributed by atoms with Crippen molar-refractivity contribution in [1.29, 1.82) is 0 Å². The minimum absolute atomic E-state index is 0.0929. The maximum Gasteiger partial charge on any atom is 0.277 e. The molecule has 3 aromatic rings. The van der Waals surface area contributed by atoms with E-state index in [1.807, 2.05) is 0 Å². The number of nitrogens with zero attached hydrogens (tertiary/aromatic N) is 2. The lowest BCUT2D eigenvalue weighted by Gasteiger charge is -2.07. The first-order chi connectivity index (χ1) is 13.5. The topological polar surface area (TPSA) is 86.5 Å². The van der Waals surface area contributed by atoms with Gasteiger partial charge in [-0.15, -0.1) is 10.2 Å². The van der Waals surface area contributed by atoms with E-state index in [2.05, 4.69) is 15.5 Å². The summed E-state index contributed by atoms with van der Waals surface area (Å²) >= 11 is 0.985. The maximum absolute atomic E-state index is 13.6. The molecule has 0 saturated carbocycles. The number of hydrogen-bond donors (Lipinski definition) is 1. The standard InChI is InChI=1S/C18H15F2N3O4S/c1-25-14-6-3-10(7-15(14)26-2)17-22-23-18(27-17)28-9-16(24)21-13-5-4-11(19)8-12(13)20/h3-8H,9H2,1-2H3,(H,21,24). The van der Waals surface area contributed by atoms with Gasteiger partial charge in [0.25, 0.3) is 5.22 Å². The van der Waals surface area contributed by atoms with Crippen molar-refractivity contribution in [2.45, 2.75) is 5.22 Å². The molecule has 7 nitrogen and oxygen atoms in total. The monoisotopic (exact) mass is 407 g/mol. The number of nitrogens with one attached hydrogen (secondary N) is 1. The number of hydrogen-bond acceptors (Lipinski definition) is 7. The van der Waals surface area contributed by atoms with Crippen LogP contribution < -0.4 is 14.8 Å². The van der Waals surface area contributed by atoms with Crippen LogP contribution in [0, 0.1) is 11.6 Å². The Kier molecular flexibility index (Phi) is 6.09.